The van der Waals surface area contributed by atoms with Crippen molar-refractivity contribution in [2.45, 2.75) is 11.8 Å². The van der Waals surface area contributed by atoms with Gasteiger partial charge in [0.25, 0.3) is 10.0 Å². The van der Waals surface area contributed by atoms with E-state index in [0.717, 1.165) is 32.8 Å². The molecular weight excluding hydrogens is 528 g/mol. The second-order valence-corrected chi connectivity index (χ2v) is 11.9. The number of phenolic OH excluding ortho intramolecular Hbond substituents is 1. The molecule has 0 saturated heterocycles. The molecule has 7 aromatic rings. The van der Waals surface area contributed by atoms with E-state index in [-0.39, 0.29) is 10.6 Å². The predicted octanol–water partition coefficient (Wildman–Crippen LogP) is 8.68. The van der Waals surface area contributed by atoms with Crippen molar-refractivity contribution in [1.82, 2.24) is 4.98 Å². The van der Waals surface area contributed by atoms with Crippen LogP contribution in [0.15, 0.2) is 132 Å². The summed E-state index contributed by atoms with van der Waals surface area (Å²) in [6, 6.07) is 39.3. The van der Waals surface area contributed by atoms with Crippen LogP contribution in [0, 0.1) is 6.92 Å². The first kappa shape index (κ1) is 24.9. The van der Waals surface area contributed by atoms with Gasteiger partial charge in [0, 0.05) is 27.1 Å². The molecule has 0 bridgehead atoms. The van der Waals surface area contributed by atoms with E-state index in [0.29, 0.717) is 27.8 Å². The van der Waals surface area contributed by atoms with Gasteiger partial charge in [0.2, 0.25) is 0 Å². The van der Waals surface area contributed by atoms with Crippen molar-refractivity contribution < 1.29 is 13.5 Å². The maximum atomic E-state index is 14.8. The lowest BCUT2D eigenvalue weighted by Gasteiger charge is -2.27. The Bertz CT molecular complexity index is 2190. The third-order valence-corrected chi connectivity index (χ3v) is 9.32. The molecule has 0 radical (unpaired) electrons. The van der Waals surface area contributed by atoms with Crippen LogP contribution in [0.5, 0.6) is 5.75 Å². The Hall–Kier alpha value is -5.07. The summed E-state index contributed by atoms with van der Waals surface area (Å²) >= 11 is 0. The maximum Gasteiger partial charge on any atom is 0.268 e. The summed E-state index contributed by atoms with van der Waals surface area (Å²) in [5, 5.41) is 14.7. The van der Waals surface area contributed by atoms with E-state index in [1.54, 1.807) is 42.5 Å². The average molecular weight is 555 g/mol. The number of aromatic nitrogens is 1. The number of aromatic hydroxyl groups is 1. The summed E-state index contributed by atoms with van der Waals surface area (Å²) in [6.07, 6.45) is 0. The van der Waals surface area contributed by atoms with E-state index in [1.807, 2.05) is 91.9 Å². The lowest BCUT2D eigenvalue weighted by molar-refractivity contribution is 0.481. The molecular formula is C35H26N2O3S. The topological polar surface area (TPSA) is 73.4 Å². The number of aromatic amines is 1. The Labute approximate surface area is 238 Å². The number of nitrogens with one attached hydrogen (secondary N) is 1. The Morgan fingerprint density at radius 3 is 2.05 bits per heavy atom. The Kier molecular flexibility index (Phi) is 5.80. The fourth-order valence-electron chi connectivity index (χ4n) is 5.58. The van der Waals surface area contributed by atoms with Gasteiger partial charge >= 0.3 is 0 Å². The largest absolute Gasteiger partial charge is 0.507 e. The van der Waals surface area contributed by atoms with Gasteiger partial charge in [0.1, 0.15) is 5.75 Å². The van der Waals surface area contributed by atoms with E-state index in [1.165, 1.54) is 4.31 Å². The van der Waals surface area contributed by atoms with Crippen molar-refractivity contribution >= 4 is 53.8 Å². The van der Waals surface area contributed by atoms with Crippen LogP contribution in [0.4, 0.5) is 11.4 Å². The molecule has 6 heteroatoms. The maximum absolute atomic E-state index is 14.8. The minimum Gasteiger partial charge on any atom is -0.507 e. The number of aryl methyl sites for hydroxylation is 1. The van der Waals surface area contributed by atoms with Crippen LogP contribution in [0.2, 0.25) is 0 Å². The van der Waals surface area contributed by atoms with Crippen molar-refractivity contribution in [2.75, 3.05) is 4.31 Å². The van der Waals surface area contributed by atoms with Gasteiger partial charge in [-0.1, -0.05) is 109 Å². The van der Waals surface area contributed by atoms with Crippen molar-refractivity contribution in [3.63, 3.8) is 0 Å². The standard InChI is InChI=1S/C35H26N2O3S/c1-23-15-18-26(19-16-23)41(39,40)37(31-21-22-32(38)29-14-8-7-13-28(29)31)35-30-20-17-24-9-5-6-12-27(24)34(30)36-33(35)25-10-3-2-4-11-25/h2-22,36,38H,1H3. The second kappa shape index (κ2) is 9.54. The molecule has 1 heterocycles. The second-order valence-electron chi connectivity index (χ2n) is 10.2. The normalized spacial score (nSPS) is 11.8. The number of hydrogen-bond donors (Lipinski definition) is 2. The molecule has 41 heavy (non-hydrogen) atoms. The summed E-state index contributed by atoms with van der Waals surface area (Å²) < 4.78 is 31.1. The Morgan fingerprint density at radius 2 is 1.29 bits per heavy atom. The Balaban J connectivity index is 1.65. The van der Waals surface area contributed by atoms with Gasteiger partial charge in [-0.05, 0) is 36.6 Å². The number of nitrogens with zero attached hydrogens (tertiary/aromatic N) is 1. The number of hydrogen-bond acceptors (Lipinski definition) is 3. The molecule has 6 aromatic carbocycles. The molecule has 0 unspecified atom stereocenters. The first-order valence-corrected chi connectivity index (χ1v) is 14.8. The van der Waals surface area contributed by atoms with Gasteiger partial charge in [-0.15, -0.1) is 0 Å². The van der Waals surface area contributed by atoms with E-state index in [2.05, 4.69) is 4.98 Å². The fourth-order valence-corrected chi connectivity index (χ4v) is 7.12. The van der Waals surface area contributed by atoms with Crippen LogP contribution < -0.4 is 4.31 Å². The average Bonchev–Trinajstić information content (AvgIpc) is 3.39. The number of phenols is 1. The summed E-state index contributed by atoms with van der Waals surface area (Å²) in [7, 11) is -4.14. The van der Waals surface area contributed by atoms with Crippen LogP contribution >= 0.6 is 0 Å². The van der Waals surface area contributed by atoms with Gasteiger partial charge in [0.15, 0.2) is 0 Å². The van der Waals surface area contributed by atoms with Crippen molar-refractivity contribution in [2.24, 2.45) is 0 Å². The molecule has 0 amide bonds. The van der Waals surface area contributed by atoms with E-state index in [9.17, 15) is 13.5 Å². The monoisotopic (exact) mass is 554 g/mol. The molecule has 200 valence electrons. The summed E-state index contributed by atoms with van der Waals surface area (Å²) in [5.74, 6) is 0.0882. The number of fused-ring (bicyclic) bond motifs is 4. The molecule has 0 saturated carbocycles. The van der Waals surface area contributed by atoms with E-state index in [4.69, 9.17) is 0 Å². The quantitative estimate of drug-likeness (QED) is 0.224. The van der Waals surface area contributed by atoms with Gasteiger partial charge < -0.3 is 10.1 Å². The van der Waals surface area contributed by atoms with Gasteiger partial charge in [-0.2, -0.15) is 0 Å². The molecule has 5 nitrogen and oxygen atoms in total. The van der Waals surface area contributed by atoms with Crippen LogP contribution in [0.1, 0.15) is 5.56 Å². The van der Waals surface area contributed by atoms with Crippen molar-refractivity contribution in [3.8, 4) is 17.0 Å². The Morgan fingerprint density at radius 1 is 0.634 bits per heavy atom. The van der Waals surface area contributed by atoms with E-state index >= 15 is 0 Å². The smallest absolute Gasteiger partial charge is 0.268 e. The first-order chi connectivity index (χ1) is 19.9. The highest BCUT2D eigenvalue weighted by Crippen LogP contribution is 2.48. The lowest BCUT2D eigenvalue weighted by atomic mass is 10.0. The summed E-state index contributed by atoms with van der Waals surface area (Å²) in [5.41, 5.74) is 4.33. The number of sulfonamides is 1. The van der Waals surface area contributed by atoms with Crippen LogP contribution in [-0.2, 0) is 10.0 Å². The zero-order valence-corrected chi connectivity index (χ0v) is 23.1. The van der Waals surface area contributed by atoms with Gasteiger partial charge in [-0.3, -0.25) is 0 Å². The van der Waals surface area contributed by atoms with E-state index < -0.39 is 10.0 Å². The third-order valence-electron chi connectivity index (χ3n) is 7.59. The molecule has 0 spiro atoms. The number of rotatable bonds is 5. The SMILES string of the molecule is Cc1ccc(S(=O)(=O)N(c2ccc(O)c3ccccc23)c2c(-c3ccccc3)[nH]c3c2ccc2ccccc23)cc1. The predicted molar refractivity (Wildman–Crippen MR) is 167 cm³/mol. The minimum absolute atomic E-state index is 0.0882. The zero-order valence-electron chi connectivity index (χ0n) is 22.2. The molecule has 0 aliphatic heterocycles. The molecule has 0 aliphatic rings. The minimum atomic E-state index is -4.14. The number of benzene rings is 6. The fraction of sp³-hybridized carbons (Fsp3) is 0.0286. The van der Waals surface area contributed by atoms with Gasteiger partial charge in [0.05, 0.1) is 27.5 Å². The van der Waals surface area contributed by atoms with Crippen molar-refractivity contribution in [3.05, 3.63) is 133 Å². The van der Waals surface area contributed by atoms with Crippen LogP contribution in [0.3, 0.4) is 0 Å². The lowest BCUT2D eigenvalue weighted by Crippen LogP contribution is -2.27. The molecule has 7 rings (SSSR count). The molecule has 0 fully saturated rings. The van der Waals surface area contributed by atoms with Gasteiger partial charge in [-0.25, -0.2) is 12.7 Å². The number of anilines is 2. The molecule has 0 atom stereocenters. The van der Waals surface area contributed by atoms with Crippen molar-refractivity contribution in [1.29, 1.82) is 0 Å². The highest BCUT2D eigenvalue weighted by molar-refractivity contribution is 7.93. The summed E-state index contributed by atoms with van der Waals surface area (Å²) in [6.45, 7) is 1.93. The van der Waals surface area contributed by atoms with Crippen LogP contribution in [-0.4, -0.2) is 18.5 Å². The highest BCUT2D eigenvalue weighted by Gasteiger charge is 2.33. The first-order valence-electron chi connectivity index (χ1n) is 13.3. The number of H-pyrrole nitrogens is 1. The van der Waals surface area contributed by atoms with Crippen LogP contribution in [0.25, 0.3) is 43.7 Å². The molecule has 2 N–H and O–H groups in total. The molecule has 0 aliphatic carbocycles. The highest BCUT2D eigenvalue weighted by atomic mass is 32.2. The third kappa shape index (κ3) is 4.03. The zero-order chi connectivity index (χ0) is 28.1. The molecule has 1 aromatic heterocycles. The summed E-state index contributed by atoms with van der Waals surface area (Å²) in [4.78, 5) is 3.79.